The monoisotopic (exact) mass is 572 g/mol. The summed E-state index contributed by atoms with van der Waals surface area (Å²) >= 11 is 0. The second-order valence-electron chi connectivity index (χ2n) is 9.29. The number of rotatable bonds is 11. The highest BCUT2D eigenvalue weighted by molar-refractivity contribution is 7.92. The maximum atomic E-state index is 15.5. The average Bonchev–Trinajstić information content (AvgIpc) is 3.00. The molecule has 0 aliphatic carbocycles. The molecule has 0 bridgehead atoms. The average molecular weight is 573 g/mol. The molecular weight excluding hydrogens is 543 g/mol. The highest BCUT2D eigenvalue weighted by Crippen LogP contribution is 2.38. The molecule has 4 aromatic carbocycles. The predicted octanol–water partition coefficient (Wildman–Crippen LogP) is 6.76. The summed E-state index contributed by atoms with van der Waals surface area (Å²) in [7, 11) is -0.758. The van der Waals surface area contributed by atoms with Gasteiger partial charge in [0.15, 0.2) is 23.1 Å². The summed E-state index contributed by atoms with van der Waals surface area (Å²) in [4.78, 5) is 4.35. The number of ether oxygens (including phenoxy) is 3. The Morgan fingerprint density at radius 1 is 0.756 bits per heavy atom. The van der Waals surface area contributed by atoms with Crippen LogP contribution in [0, 0.1) is 5.82 Å². The number of fused-ring (bicyclic) bond motifs is 1. The number of benzene rings is 4. The van der Waals surface area contributed by atoms with Crippen LogP contribution in [0.3, 0.4) is 0 Å². The molecule has 41 heavy (non-hydrogen) atoms. The second-order valence-corrected chi connectivity index (χ2v) is 11.3. The van der Waals surface area contributed by atoms with Gasteiger partial charge in [0.2, 0.25) is 10.0 Å². The van der Waals surface area contributed by atoms with Gasteiger partial charge in [-0.3, -0.25) is 9.29 Å². The van der Waals surface area contributed by atoms with Crippen molar-refractivity contribution in [2.75, 3.05) is 24.3 Å². The summed E-state index contributed by atoms with van der Waals surface area (Å²) in [6.07, 6.45) is 1.89. The molecule has 0 amide bonds. The van der Waals surface area contributed by atoms with Crippen molar-refractivity contribution in [3.63, 3.8) is 0 Å². The van der Waals surface area contributed by atoms with E-state index in [2.05, 4.69) is 4.98 Å². The second kappa shape index (κ2) is 12.3. The van der Waals surface area contributed by atoms with E-state index in [0.717, 1.165) is 11.1 Å². The molecule has 5 rings (SSSR count). The van der Waals surface area contributed by atoms with Gasteiger partial charge in [-0.25, -0.2) is 12.8 Å². The number of halogens is 1. The van der Waals surface area contributed by atoms with E-state index in [1.165, 1.54) is 30.7 Å². The first-order valence-corrected chi connectivity index (χ1v) is 14.6. The largest absolute Gasteiger partial charge is 0.493 e. The fraction of sp³-hybridized carbons (Fsp3) is 0.156. The lowest BCUT2D eigenvalue weighted by Gasteiger charge is -2.25. The van der Waals surface area contributed by atoms with E-state index in [9.17, 15) is 8.42 Å². The number of aryl methyl sites for hydroxylation is 1. The van der Waals surface area contributed by atoms with E-state index in [-0.39, 0.29) is 23.7 Å². The van der Waals surface area contributed by atoms with Crippen LogP contribution in [0.5, 0.6) is 23.0 Å². The number of hydrogen-bond acceptors (Lipinski definition) is 6. The number of nitrogens with zero attached hydrogens (tertiary/aromatic N) is 2. The van der Waals surface area contributed by atoms with E-state index < -0.39 is 15.8 Å². The molecule has 1 heterocycles. The van der Waals surface area contributed by atoms with Gasteiger partial charge < -0.3 is 14.2 Å². The number of anilines is 1. The zero-order valence-electron chi connectivity index (χ0n) is 22.7. The van der Waals surface area contributed by atoms with Gasteiger partial charge in [-0.05, 0) is 41.8 Å². The minimum absolute atomic E-state index is 0.0580. The summed E-state index contributed by atoms with van der Waals surface area (Å²) in [6, 6.07) is 27.8. The molecular formula is C32H29FN2O5S. The van der Waals surface area contributed by atoms with Gasteiger partial charge in [0.25, 0.3) is 0 Å². The first kappa shape index (κ1) is 27.9. The number of pyridine rings is 1. The van der Waals surface area contributed by atoms with E-state index in [4.69, 9.17) is 14.2 Å². The zero-order chi connectivity index (χ0) is 28.8. The predicted molar refractivity (Wildman–Crippen MR) is 158 cm³/mol. The Labute approximate surface area is 238 Å². The van der Waals surface area contributed by atoms with Crippen molar-refractivity contribution >= 4 is 26.6 Å². The Hall–Kier alpha value is -4.63. The molecule has 0 saturated carbocycles. The highest BCUT2D eigenvalue weighted by atomic mass is 32.2. The normalized spacial score (nSPS) is 11.3. The van der Waals surface area contributed by atoms with Crippen LogP contribution in [0.1, 0.15) is 11.1 Å². The van der Waals surface area contributed by atoms with Crippen LogP contribution in [0.15, 0.2) is 103 Å². The zero-order valence-corrected chi connectivity index (χ0v) is 23.5. The van der Waals surface area contributed by atoms with Crippen molar-refractivity contribution in [3.8, 4) is 23.0 Å². The number of methoxy groups -OCH3 is 2. The van der Waals surface area contributed by atoms with Gasteiger partial charge in [-0.15, -0.1) is 0 Å². The Morgan fingerprint density at radius 2 is 1.41 bits per heavy atom. The molecule has 0 unspecified atom stereocenters. The Morgan fingerprint density at radius 3 is 2.07 bits per heavy atom. The van der Waals surface area contributed by atoms with Gasteiger partial charge in [0.05, 0.1) is 37.7 Å². The first-order chi connectivity index (χ1) is 19.9. The van der Waals surface area contributed by atoms with Crippen LogP contribution in [0.4, 0.5) is 10.1 Å². The molecule has 0 atom stereocenters. The number of sulfonamides is 1. The van der Waals surface area contributed by atoms with E-state index in [1.54, 1.807) is 30.5 Å². The maximum absolute atomic E-state index is 15.5. The molecule has 7 nitrogen and oxygen atoms in total. The smallest absolute Gasteiger partial charge is 0.235 e. The van der Waals surface area contributed by atoms with Crippen LogP contribution >= 0.6 is 0 Å². The molecule has 5 aromatic rings. The van der Waals surface area contributed by atoms with Crippen LogP contribution < -0.4 is 18.5 Å². The van der Waals surface area contributed by atoms with Gasteiger partial charge in [0, 0.05) is 23.7 Å². The number of hydrogen-bond donors (Lipinski definition) is 0. The van der Waals surface area contributed by atoms with Crippen LogP contribution in [-0.2, 0) is 23.0 Å². The molecule has 0 aliphatic heterocycles. The lowest BCUT2D eigenvalue weighted by Crippen LogP contribution is -2.33. The van der Waals surface area contributed by atoms with Crippen LogP contribution in [-0.4, -0.2) is 33.4 Å². The van der Waals surface area contributed by atoms with E-state index >= 15 is 4.39 Å². The van der Waals surface area contributed by atoms with Crippen molar-refractivity contribution < 1.29 is 27.0 Å². The molecule has 0 spiro atoms. The van der Waals surface area contributed by atoms with Crippen molar-refractivity contribution in [1.29, 1.82) is 0 Å². The molecule has 0 N–H and O–H groups in total. The SMILES string of the molecule is COc1cc2nccc(Oc3ccc(N(Cc4ccccc4)S(=O)(=O)CCc4ccccc4)cc3F)c2cc1OC. The van der Waals surface area contributed by atoms with Gasteiger partial charge in [0.1, 0.15) is 5.75 Å². The van der Waals surface area contributed by atoms with Crippen molar-refractivity contribution in [1.82, 2.24) is 4.98 Å². The van der Waals surface area contributed by atoms with Gasteiger partial charge in [-0.2, -0.15) is 0 Å². The fourth-order valence-corrected chi connectivity index (χ4v) is 5.98. The van der Waals surface area contributed by atoms with Crippen molar-refractivity contribution in [3.05, 3.63) is 120 Å². The summed E-state index contributed by atoms with van der Waals surface area (Å²) in [5.41, 5.74) is 2.47. The van der Waals surface area contributed by atoms with Crippen molar-refractivity contribution in [2.45, 2.75) is 13.0 Å². The van der Waals surface area contributed by atoms with Crippen LogP contribution in [0.25, 0.3) is 10.9 Å². The standard InChI is InChI=1S/C32H29FN2O5S/c1-38-31-20-26-28(21-32(31)39-2)34-17-15-29(26)40-30-14-13-25(19-27(30)33)35(22-24-11-7-4-8-12-24)41(36,37)18-16-23-9-5-3-6-10-23/h3-15,17,19-21H,16,18,22H2,1-2H3. The highest BCUT2D eigenvalue weighted by Gasteiger charge is 2.24. The first-order valence-electron chi connectivity index (χ1n) is 12.9. The molecule has 9 heteroatoms. The van der Waals surface area contributed by atoms with Gasteiger partial charge >= 0.3 is 0 Å². The third-order valence-corrected chi connectivity index (χ3v) is 8.36. The Balaban J connectivity index is 1.46. The molecule has 1 aromatic heterocycles. The minimum atomic E-state index is -3.81. The Bertz CT molecular complexity index is 1750. The third kappa shape index (κ3) is 6.41. The minimum Gasteiger partial charge on any atom is -0.493 e. The maximum Gasteiger partial charge on any atom is 0.235 e. The summed E-state index contributed by atoms with van der Waals surface area (Å²) in [6.45, 7) is 0.0637. The molecule has 210 valence electrons. The lowest BCUT2D eigenvalue weighted by molar-refractivity contribution is 0.355. The Kier molecular flexibility index (Phi) is 8.35. The van der Waals surface area contributed by atoms with Crippen molar-refractivity contribution in [2.24, 2.45) is 0 Å². The number of aromatic nitrogens is 1. The lowest BCUT2D eigenvalue weighted by atomic mass is 10.1. The third-order valence-electron chi connectivity index (χ3n) is 6.63. The molecule has 0 aliphatic rings. The van der Waals surface area contributed by atoms with Crippen LogP contribution in [0.2, 0.25) is 0 Å². The fourth-order valence-electron chi connectivity index (χ4n) is 4.48. The quantitative estimate of drug-likeness (QED) is 0.174. The topological polar surface area (TPSA) is 78.0 Å². The molecule has 0 fully saturated rings. The molecule has 0 radical (unpaired) electrons. The molecule has 0 saturated heterocycles. The van der Waals surface area contributed by atoms with E-state index in [1.807, 2.05) is 60.7 Å². The summed E-state index contributed by atoms with van der Waals surface area (Å²) < 4.78 is 60.7. The summed E-state index contributed by atoms with van der Waals surface area (Å²) in [5.74, 6) is 0.455. The summed E-state index contributed by atoms with van der Waals surface area (Å²) in [5, 5.41) is 0.600. The van der Waals surface area contributed by atoms with Gasteiger partial charge in [-0.1, -0.05) is 60.7 Å². The van der Waals surface area contributed by atoms with E-state index in [0.29, 0.717) is 34.6 Å².